The topological polar surface area (TPSA) is 29.5 Å². The Bertz CT molecular complexity index is 502. The second-order valence-corrected chi connectivity index (χ2v) is 5.05. The van der Waals surface area contributed by atoms with Gasteiger partial charge in [0, 0.05) is 13.1 Å². The summed E-state index contributed by atoms with van der Waals surface area (Å²) in [7, 11) is 1.63. The summed E-state index contributed by atoms with van der Waals surface area (Å²) in [5, 5.41) is 0. The predicted octanol–water partition coefficient (Wildman–Crippen LogP) is 4.30. The number of allylic oxidation sites excluding steroid dienone is 1. The monoisotopic (exact) mass is 289 g/mol. The molecule has 0 unspecified atom stereocenters. The number of aryl methyl sites for hydroxylation is 1. The molecule has 1 amide bonds. The van der Waals surface area contributed by atoms with Gasteiger partial charge in [0.2, 0.25) is 0 Å². The quantitative estimate of drug-likeness (QED) is 0.749. The molecule has 3 nitrogen and oxygen atoms in total. The minimum atomic E-state index is 0.0386. The van der Waals surface area contributed by atoms with E-state index in [0.717, 1.165) is 24.0 Å². The maximum atomic E-state index is 12.8. The van der Waals surface area contributed by atoms with Crippen molar-refractivity contribution in [3.05, 3.63) is 34.9 Å². The summed E-state index contributed by atoms with van der Waals surface area (Å²) < 4.78 is 5.50. The highest BCUT2D eigenvalue weighted by Crippen LogP contribution is 2.29. The van der Waals surface area contributed by atoms with Gasteiger partial charge < -0.3 is 9.64 Å². The molecule has 0 fully saturated rings. The zero-order valence-corrected chi connectivity index (χ0v) is 13.9. The van der Waals surface area contributed by atoms with Crippen molar-refractivity contribution >= 4 is 12.0 Å². The number of methoxy groups -OCH3 is 1. The van der Waals surface area contributed by atoms with Crippen LogP contribution in [0.2, 0.25) is 0 Å². The Morgan fingerprint density at radius 2 is 1.90 bits per heavy atom. The van der Waals surface area contributed by atoms with Gasteiger partial charge in [-0.1, -0.05) is 37.6 Å². The van der Waals surface area contributed by atoms with Crippen molar-refractivity contribution in [2.75, 3.05) is 20.2 Å². The average molecular weight is 289 g/mol. The van der Waals surface area contributed by atoms with Gasteiger partial charge in [0.25, 0.3) is 5.91 Å². The minimum Gasteiger partial charge on any atom is -0.496 e. The molecule has 116 valence electrons. The van der Waals surface area contributed by atoms with E-state index in [1.54, 1.807) is 7.11 Å². The predicted molar refractivity (Wildman–Crippen MR) is 88.9 cm³/mol. The number of carbonyl (C=O) groups excluding carboxylic acids is 1. The molecule has 0 aromatic heterocycles. The number of hydrogen-bond acceptors (Lipinski definition) is 2. The molecule has 1 aromatic rings. The number of carbonyl (C=O) groups is 1. The highest BCUT2D eigenvalue weighted by atomic mass is 16.5. The SMILES string of the molecule is CCC/C=C/c1ccc(C)c(OC)c1C(=O)N(CC)CC. The molecule has 0 aliphatic rings. The van der Waals surface area contributed by atoms with Crippen LogP contribution in [0.25, 0.3) is 6.08 Å². The Balaban J connectivity index is 3.35. The van der Waals surface area contributed by atoms with E-state index in [4.69, 9.17) is 4.74 Å². The molecule has 0 saturated heterocycles. The van der Waals surface area contributed by atoms with Crippen molar-refractivity contribution in [2.45, 2.75) is 40.5 Å². The molecule has 21 heavy (non-hydrogen) atoms. The Morgan fingerprint density at radius 1 is 1.24 bits per heavy atom. The van der Waals surface area contributed by atoms with Crippen molar-refractivity contribution in [3.8, 4) is 5.75 Å². The number of nitrogens with zero attached hydrogens (tertiary/aromatic N) is 1. The average Bonchev–Trinajstić information content (AvgIpc) is 2.49. The number of rotatable bonds is 7. The number of hydrogen-bond donors (Lipinski definition) is 0. The van der Waals surface area contributed by atoms with Gasteiger partial charge in [-0.3, -0.25) is 4.79 Å². The van der Waals surface area contributed by atoms with E-state index in [9.17, 15) is 4.79 Å². The van der Waals surface area contributed by atoms with Crippen LogP contribution in [0, 0.1) is 6.92 Å². The fraction of sp³-hybridized carbons (Fsp3) is 0.500. The summed E-state index contributed by atoms with van der Waals surface area (Å²) in [4.78, 5) is 14.6. The molecule has 0 atom stereocenters. The summed E-state index contributed by atoms with van der Waals surface area (Å²) in [5.41, 5.74) is 2.59. The third kappa shape index (κ3) is 4.10. The van der Waals surface area contributed by atoms with Crippen LogP contribution in [0.1, 0.15) is 55.1 Å². The largest absolute Gasteiger partial charge is 0.496 e. The number of amides is 1. The Hall–Kier alpha value is -1.77. The van der Waals surface area contributed by atoms with Crippen LogP contribution in [-0.2, 0) is 0 Å². The van der Waals surface area contributed by atoms with E-state index in [1.165, 1.54) is 0 Å². The third-order valence-corrected chi connectivity index (χ3v) is 3.61. The van der Waals surface area contributed by atoms with E-state index in [-0.39, 0.29) is 5.91 Å². The summed E-state index contributed by atoms with van der Waals surface area (Å²) >= 11 is 0. The van der Waals surface area contributed by atoms with Crippen LogP contribution in [0.5, 0.6) is 5.75 Å². The standard InChI is InChI=1S/C18H27NO2/c1-6-9-10-11-15-13-12-14(4)17(21-5)16(15)18(20)19(7-2)8-3/h10-13H,6-9H2,1-5H3/b11-10+. The van der Waals surface area contributed by atoms with Crippen molar-refractivity contribution in [1.29, 1.82) is 0 Å². The third-order valence-electron chi connectivity index (χ3n) is 3.61. The van der Waals surface area contributed by atoms with E-state index in [0.29, 0.717) is 24.4 Å². The molecule has 0 aliphatic carbocycles. The smallest absolute Gasteiger partial charge is 0.258 e. The maximum Gasteiger partial charge on any atom is 0.258 e. The van der Waals surface area contributed by atoms with Gasteiger partial charge in [-0.25, -0.2) is 0 Å². The molecule has 0 bridgehead atoms. The highest BCUT2D eigenvalue weighted by Gasteiger charge is 2.21. The fourth-order valence-electron chi connectivity index (χ4n) is 2.37. The number of ether oxygens (including phenoxy) is 1. The molecule has 0 spiro atoms. The van der Waals surface area contributed by atoms with Gasteiger partial charge in [0.1, 0.15) is 5.75 Å². The zero-order valence-electron chi connectivity index (χ0n) is 13.9. The lowest BCUT2D eigenvalue weighted by atomic mass is 10.0. The van der Waals surface area contributed by atoms with E-state index >= 15 is 0 Å². The molecule has 1 aromatic carbocycles. The molecule has 0 aliphatic heterocycles. The van der Waals surface area contributed by atoms with Gasteiger partial charge >= 0.3 is 0 Å². The first-order valence-corrected chi connectivity index (χ1v) is 7.73. The lowest BCUT2D eigenvalue weighted by Gasteiger charge is -2.22. The van der Waals surface area contributed by atoms with Crippen LogP contribution in [-0.4, -0.2) is 31.0 Å². The number of unbranched alkanes of at least 4 members (excludes halogenated alkanes) is 1. The van der Waals surface area contributed by atoms with Gasteiger partial charge in [-0.05, 0) is 38.3 Å². The summed E-state index contributed by atoms with van der Waals surface area (Å²) in [6.07, 6.45) is 6.25. The lowest BCUT2D eigenvalue weighted by molar-refractivity contribution is 0.0769. The van der Waals surface area contributed by atoms with Crippen molar-refractivity contribution in [1.82, 2.24) is 4.90 Å². The molecule has 0 N–H and O–H groups in total. The van der Waals surface area contributed by atoms with Crippen LogP contribution < -0.4 is 4.74 Å². The molecule has 1 rings (SSSR count). The second kappa shape index (κ2) is 8.50. The zero-order chi connectivity index (χ0) is 15.8. The molecular weight excluding hydrogens is 262 g/mol. The van der Waals surface area contributed by atoms with E-state index in [2.05, 4.69) is 13.0 Å². The van der Waals surface area contributed by atoms with Crippen LogP contribution in [0.3, 0.4) is 0 Å². The minimum absolute atomic E-state index is 0.0386. The molecule has 0 saturated carbocycles. The summed E-state index contributed by atoms with van der Waals surface area (Å²) in [5.74, 6) is 0.724. The van der Waals surface area contributed by atoms with Crippen LogP contribution in [0.4, 0.5) is 0 Å². The van der Waals surface area contributed by atoms with Crippen LogP contribution in [0.15, 0.2) is 18.2 Å². The maximum absolute atomic E-state index is 12.8. The van der Waals surface area contributed by atoms with E-state index < -0.39 is 0 Å². The van der Waals surface area contributed by atoms with Gasteiger partial charge in [-0.15, -0.1) is 0 Å². The van der Waals surface area contributed by atoms with Gasteiger partial charge in [0.15, 0.2) is 0 Å². The fourth-order valence-corrected chi connectivity index (χ4v) is 2.37. The summed E-state index contributed by atoms with van der Waals surface area (Å²) in [6, 6.07) is 4.00. The van der Waals surface area contributed by atoms with Gasteiger partial charge in [0.05, 0.1) is 12.7 Å². The highest BCUT2D eigenvalue weighted by molar-refractivity contribution is 6.01. The molecule has 0 radical (unpaired) electrons. The molecule has 3 heteroatoms. The first-order chi connectivity index (χ1) is 10.1. The molecular formula is C18H27NO2. The first kappa shape index (κ1) is 17.3. The van der Waals surface area contributed by atoms with Crippen molar-refractivity contribution < 1.29 is 9.53 Å². The van der Waals surface area contributed by atoms with Crippen molar-refractivity contribution in [3.63, 3.8) is 0 Å². The normalized spacial score (nSPS) is 10.9. The number of benzene rings is 1. The van der Waals surface area contributed by atoms with Crippen LogP contribution >= 0.6 is 0 Å². The van der Waals surface area contributed by atoms with Crippen molar-refractivity contribution in [2.24, 2.45) is 0 Å². The van der Waals surface area contributed by atoms with Gasteiger partial charge in [-0.2, -0.15) is 0 Å². The first-order valence-electron chi connectivity index (χ1n) is 7.73. The van der Waals surface area contributed by atoms with E-state index in [1.807, 2.05) is 43.9 Å². The Morgan fingerprint density at radius 3 is 2.43 bits per heavy atom. The summed E-state index contributed by atoms with van der Waals surface area (Å²) in [6.45, 7) is 9.50. The Kier molecular flexibility index (Phi) is 7.00. The lowest BCUT2D eigenvalue weighted by Crippen LogP contribution is -2.31. The molecule has 0 heterocycles. The second-order valence-electron chi connectivity index (χ2n) is 5.05. The Labute approximate surface area is 128 Å².